The van der Waals surface area contributed by atoms with Gasteiger partial charge in [0.25, 0.3) is 0 Å². The number of hydrogen-bond donors (Lipinski definition) is 0. The maximum atomic E-state index is 11.3. The zero-order chi connectivity index (χ0) is 18.2. The summed E-state index contributed by atoms with van der Waals surface area (Å²) in [6.45, 7) is 1.94. The summed E-state index contributed by atoms with van der Waals surface area (Å²) in [5.74, 6) is -1.79. The van der Waals surface area contributed by atoms with Gasteiger partial charge in [0, 0.05) is 6.07 Å². The van der Waals surface area contributed by atoms with Crippen molar-refractivity contribution in [1.29, 1.82) is 0 Å². The molecule has 25 heavy (non-hydrogen) atoms. The number of carboxylic acid groups (broad SMARTS) is 1. The van der Waals surface area contributed by atoms with Crippen molar-refractivity contribution < 1.29 is 24.3 Å². The van der Waals surface area contributed by atoms with Crippen molar-refractivity contribution in [2.24, 2.45) is 0 Å². The highest BCUT2D eigenvalue weighted by Crippen LogP contribution is 2.29. The lowest BCUT2D eigenvalue weighted by molar-refractivity contribution is -0.386. The topological polar surface area (TPSA) is 102 Å². The zero-order valence-corrected chi connectivity index (χ0v) is 13.5. The number of ether oxygens (including phenoxy) is 2. The second-order valence-corrected chi connectivity index (χ2v) is 4.99. The summed E-state index contributed by atoms with van der Waals surface area (Å²) in [5, 5.41) is 22.3. The minimum absolute atomic E-state index is 0.0948. The fraction of sp³-hybridized carbons (Fsp3) is 0.167. The Hall–Kier alpha value is -3.35. The molecule has 7 heteroatoms. The summed E-state index contributed by atoms with van der Waals surface area (Å²) in [5.41, 5.74) is 0.904. The van der Waals surface area contributed by atoms with E-state index in [2.05, 4.69) is 0 Å². The molecule has 0 aromatic heterocycles. The molecule has 2 rings (SSSR count). The van der Waals surface area contributed by atoms with Crippen molar-refractivity contribution in [3.63, 3.8) is 0 Å². The molecule has 2 aromatic carbocycles. The molecule has 0 atom stereocenters. The minimum Gasteiger partial charge on any atom is -0.542 e. The summed E-state index contributed by atoms with van der Waals surface area (Å²) in [4.78, 5) is 21.7. The van der Waals surface area contributed by atoms with E-state index in [0.717, 1.165) is 5.56 Å². The normalized spacial score (nSPS) is 11.0. The predicted octanol–water partition coefficient (Wildman–Crippen LogP) is 2.30. The van der Waals surface area contributed by atoms with Crippen LogP contribution >= 0.6 is 0 Å². The average molecular weight is 342 g/mol. The largest absolute Gasteiger partial charge is 0.542 e. The van der Waals surface area contributed by atoms with Crippen molar-refractivity contribution >= 4 is 17.7 Å². The number of nitro benzene ring substituents is 1. The van der Waals surface area contributed by atoms with E-state index in [-0.39, 0.29) is 24.7 Å². The van der Waals surface area contributed by atoms with E-state index < -0.39 is 16.7 Å². The Kier molecular flexibility index (Phi) is 6.11. The van der Waals surface area contributed by atoms with Gasteiger partial charge in [-0.05, 0) is 30.2 Å². The number of carbonyl (C=O) groups is 1. The van der Waals surface area contributed by atoms with Gasteiger partial charge in [-0.2, -0.15) is 0 Å². The summed E-state index contributed by atoms with van der Waals surface area (Å²) >= 11 is 0. The Morgan fingerprint density at radius 1 is 1.20 bits per heavy atom. The fourth-order valence-corrected chi connectivity index (χ4v) is 2.09. The summed E-state index contributed by atoms with van der Waals surface area (Å²) in [6, 6.07) is 13.4. The number of benzene rings is 2. The molecule has 0 unspecified atom stereocenters. The van der Waals surface area contributed by atoms with E-state index in [1.54, 1.807) is 6.92 Å². The molecule has 0 amide bonds. The number of nitro groups is 1. The molecule has 0 spiro atoms. The van der Waals surface area contributed by atoms with E-state index >= 15 is 0 Å². The van der Waals surface area contributed by atoms with Crippen LogP contribution in [0.4, 0.5) is 5.69 Å². The fourth-order valence-electron chi connectivity index (χ4n) is 2.09. The third-order valence-electron chi connectivity index (χ3n) is 3.22. The lowest BCUT2D eigenvalue weighted by atomic mass is 10.1. The SMILES string of the molecule is CCO/C(=C\c1ccc(OCc2ccccc2)c([N+](=O)[O-])c1)C(=O)[O-]. The van der Waals surface area contributed by atoms with Gasteiger partial charge in [0.05, 0.1) is 11.5 Å². The molecule has 0 saturated heterocycles. The van der Waals surface area contributed by atoms with E-state index in [4.69, 9.17) is 9.47 Å². The number of rotatable bonds is 8. The highest BCUT2D eigenvalue weighted by atomic mass is 16.6. The second kappa shape index (κ2) is 8.49. The van der Waals surface area contributed by atoms with Gasteiger partial charge in [-0.25, -0.2) is 0 Å². The first-order valence-corrected chi connectivity index (χ1v) is 7.52. The standard InChI is InChI=1S/C18H17NO6/c1-2-24-17(18(20)21)11-14-8-9-16(15(10-14)19(22)23)25-12-13-6-4-3-5-7-13/h3-11H,2,12H2,1H3,(H,20,21)/p-1/b17-11-. The maximum Gasteiger partial charge on any atom is 0.311 e. The Balaban J connectivity index is 2.26. The number of carbonyl (C=O) groups excluding carboxylic acids is 1. The first-order valence-electron chi connectivity index (χ1n) is 7.52. The second-order valence-electron chi connectivity index (χ2n) is 4.99. The van der Waals surface area contributed by atoms with Gasteiger partial charge in [0.2, 0.25) is 0 Å². The molecule has 0 radical (unpaired) electrons. The van der Waals surface area contributed by atoms with E-state index in [1.807, 2.05) is 30.3 Å². The molecule has 130 valence electrons. The van der Waals surface area contributed by atoms with Crippen LogP contribution in [0.1, 0.15) is 18.1 Å². The number of carboxylic acids is 1. The van der Waals surface area contributed by atoms with Crippen LogP contribution in [0.5, 0.6) is 5.75 Å². The van der Waals surface area contributed by atoms with Crippen LogP contribution in [-0.2, 0) is 16.1 Å². The van der Waals surface area contributed by atoms with E-state index in [0.29, 0.717) is 5.56 Å². The molecule has 0 aliphatic rings. The van der Waals surface area contributed by atoms with Gasteiger partial charge in [0.1, 0.15) is 18.3 Å². The first-order chi connectivity index (χ1) is 12.0. The van der Waals surface area contributed by atoms with Crippen molar-refractivity contribution in [2.75, 3.05) is 6.61 Å². The zero-order valence-electron chi connectivity index (χ0n) is 13.5. The molecule has 0 N–H and O–H groups in total. The first kappa shape index (κ1) is 18.0. The van der Waals surface area contributed by atoms with Gasteiger partial charge in [-0.15, -0.1) is 0 Å². The van der Waals surface area contributed by atoms with Crippen molar-refractivity contribution in [3.8, 4) is 5.75 Å². The van der Waals surface area contributed by atoms with Crippen molar-refractivity contribution in [3.05, 3.63) is 75.5 Å². The number of hydrogen-bond acceptors (Lipinski definition) is 6. The van der Waals surface area contributed by atoms with Crippen LogP contribution in [0.2, 0.25) is 0 Å². The molecule has 0 aliphatic heterocycles. The van der Waals surface area contributed by atoms with Crippen LogP contribution in [0.25, 0.3) is 6.08 Å². The average Bonchev–Trinajstić information content (AvgIpc) is 2.60. The van der Waals surface area contributed by atoms with Gasteiger partial charge >= 0.3 is 5.69 Å². The quantitative estimate of drug-likeness (QED) is 0.316. The van der Waals surface area contributed by atoms with Gasteiger partial charge in [-0.3, -0.25) is 10.1 Å². The Morgan fingerprint density at radius 3 is 2.52 bits per heavy atom. The van der Waals surface area contributed by atoms with Gasteiger partial charge in [0.15, 0.2) is 5.75 Å². The molecule has 0 saturated carbocycles. The lowest BCUT2D eigenvalue weighted by Crippen LogP contribution is -2.25. The molecule has 0 aliphatic carbocycles. The number of aliphatic carboxylic acids is 1. The Morgan fingerprint density at radius 2 is 1.92 bits per heavy atom. The third kappa shape index (κ3) is 5.07. The van der Waals surface area contributed by atoms with Crippen LogP contribution in [0.15, 0.2) is 54.3 Å². The molecular formula is C18H16NO6-. The van der Waals surface area contributed by atoms with Crippen LogP contribution in [0, 0.1) is 10.1 Å². The Labute approximate surface area is 144 Å². The Bertz CT molecular complexity index is 785. The number of nitrogens with zero attached hydrogens (tertiary/aromatic N) is 1. The smallest absolute Gasteiger partial charge is 0.311 e. The summed E-state index contributed by atoms with van der Waals surface area (Å²) in [6.07, 6.45) is 1.17. The summed E-state index contributed by atoms with van der Waals surface area (Å²) < 4.78 is 10.5. The monoisotopic (exact) mass is 342 g/mol. The highest BCUT2D eigenvalue weighted by Gasteiger charge is 2.16. The molecule has 7 nitrogen and oxygen atoms in total. The highest BCUT2D eigenvalue weighted by molar-refractivity contribution is 5.88. The minimum atomic E-state index is -1.49. The molecule has 0 heterocycles. The maximum absolute atomic E-state index is 11.3. The van der Waals surface area contributed by atoms with Gasteiger partial charge in [-0.1, -0.05) is 36.4 Å². The molecule has 0 fully saturated rings. The third-order valence-corrected chi connectivity index (χ3v) is 3.22. The van der Waals surface area contributed by atoms with E-state index in [9.17, 15) is 20.0 Å². The van der Waals surface area contributed by atoms with E-state index in [1.165, 1.54) is 24.3 Å². The van der Waals surface area contributed by atoms with Crippen molar-refractivity contribution in [1.82, 2.24) is 0 Å². The predicted molar refractivity (Wildman–Crippen MR) is 88.5 cm³/mol. The van der Waals surface area contributed by atoms with Crippen LogP contribution in [-0.4, -0.2) is 17.5 Å². The molecule has 2 aromatic rings. The van der Waals surface area contributed by atoms with Crippen LogP contribution in [0.3, 0.4) is 0 Å². The van der Waals surface area contributed by atoms with Crippen molar-refractivity contribution in [2.45, 2.75) is 13.5 Å². The van der Waals surface area contributed by atoms with Gasteiger partial charge < -0.3 is 19.4 Å². The lowest BCUT2D eigenvalue weighted by Gasteiger charge is -2.10. The van der Waals surface area contributed by atoms with Crippen LogP contribution < -0.4 is 9.84 Å². The molecular weight excluding hydrogens is 326 g/mol. The summed E-state index contributed by atoms with van der Waals surface area (Å²) in [7, 11) is 0. The molecule has 0 bridgehead atoms.